The number of carbonyl (C=O) groups excluding carboxylic acids is 12. The summed E-state index contributed by atoms with van der Waals surface area (Å²) in [5.74, 6) is -11.5. The highest BCUT2D eigenvalue weighted by atomic mass is 16.8. The van der Waals surface area contributed by atoms with Crippen molar-refractivity contribution < 1.29 is 134 Å². The van der Waals surface area contributed by atoms with Crippen LogP contribution >= 0.6 is 0 Å². The molecule has 3 aliphatic rings. The molecule has 0 spiro atoms. The van der Waals surface area contributed by atoms with Gasteiger partial charge < -0.3 is 87.0 Å². The summed E-state index contributed by atoms with van der Waals surface area (Å²) >= 11 is 0. The van der Waals surface area contributed by atoms with Gasteiger partial charge in [-0.3, -0.25) is 24.5 Å². The molecule has 9 aromatic carbocycles. The first kappa shape index (κ1) is 92.0. The predicted octanol–water partition coefficient (Wildman–Crippen LogP) is 9.84. The second-order valence-electron chi connectivity index (χ2n) is 29.4. The van der Waals surface area contributed by atoms with Gasteiger partial charge in [-0.2, -0.15) is 0 Å². The Labute approximate surface area is 727 Å². The van der Waals surface area contributed by atoms with Crippen LogP contribution in [0, 0.1) is 10.1 Å². The Morgan fingerprint density at radius 2 is 0.425 bits per heavy atom. The number of hydrogen-bond donors (Lipinski definition) is 3. The van der Waals surface area contributed by atoms with E-state index in [-0.39, 0.29) is 50.1 Å². The minimum absolute atomic E-state index is 0.00923. The Morgan fingerprint density at radius 1 is 0.268 bits per heavy atom. The maximum Gasteiger partial charge on any atom is 0.338 e. The molecule has 0 unspecified atom stereocenters. The molecule has 12 rings (SSSR count). The summed E-state index contributed by atoms with van der Waals surface area (Å²) in [5, 5.41) is 22.3. The van der Waals surface area contributed by atoms with Gasteiger partial charge in [0.05, 0.1) is 50.1 Å². The Kier molecular flexibility index (Phi) is 32.5. The van der Waals surface area contributed by atoms with Gasteiger partial charge >= 0.3 is 53.7 Å². The molecular weight excluding hydrogens is 1650 g/mol. The second kappa shape index (κ2) is 44.9. The summed E-state index contributed by atoms with van der Waals surface area (Å²) in [4.78, 5) is 185. The van der Waals surface area contributed by atoms with E-state index in [1.807, 2.05) is 0 Å². The summed E-state index contributed by atoms with van der Waals surface area (Å²) < 4.78 is 91.3. The van der Waals surface area contributed by atoms with Gasteiger partial charge in [-0.25, -0.2) is 43.2 Å². The average Bonchev–Trinajstić information content (AvgIpc) is 0.784. The van der Waals surface area contributed by atoms with Crippen LogP contribution in [0.1, 0.15) is 132 Å². The summed E-state index contributed by atoms with van der Waals surface area (Å²) in [5.41, 5.74) is -2.19. The number of methoxy groups -OCH3 is 3. The molecule has 3 fully saturated rings. The van der Waals surface area contributed by atoms with Crippen molar-refractivity contribution in [2.45, 2.75) is 136 Å². The molecule has 127 heavy (non-hydrogen) atoms. The highest BCUT2D eigenvalue weighted by Crippen LogP contribution is 2.37. The minimum Gasteiger partial charge on any atom is -0.452 e. The highest BCUT2D eigenvalue weighted by molar-refractivity contribution is 5.95. The lowest BCUT2D eigenvalue weighted by atomic mass is 9.84. The van der Waals surface area contributed by atoms with Crippen molar-refractivity contribution in [1.82, 2.24) is 16.0 Å². The number of hydrogen-bond acceptors (Lipinski definition) is 29. The molecule has 33 heteroatoms. The summed E-state index contributed by atoms with van der Waals surface area (Å²) in [6, 6.07) is 68.9. The maximum absolute atomic E-state index is 14.8. The zero-order chi connectivity index (χ0) is 89.8. The van der Waals surface area contributed by atoms with E-state index in [0.29, 0.717) is 0 Å². The summed E-state index contributed by atoms with van der Waals surface area (Å²) in [6.07, 6.45) is -29.8. The van der Waals surface area contributed by atoms with Gasteiger partial charge in [0.25, 0.3) is 0 Å². The number of ether oxygens (including phenoxy) is 15. The molecular formula is C94H90N4O29. The third-order valence-corrected chi connectivity index (χ3v) is 21.1. The van der Waals surface area contributed by atoms with Crippen molar-refractivity contribution in [1.29, 1.82) is 0 Å². The number of amides is 3. The molecule has 3 N–H and O–H groups in total. The van der Waals surface area contributed by atoms with Crippen molar-refractivity contribution in [3.05, 3.63) is 333 Å². The van der Waals surface area contributed by atoms with E-state index >= 15 is 0 Å². The topological polar surface area (TPSA) is 423 Å². The predicted molar refractivity (Wildman–Crippen MR) is 444 cm³/mol. The quantitative estimate of drug-likeness (QED) is 0.0141. The average molecular weight is 1740 g/mol. The summed E-state index contributed by atoms with van der Waals surface area (Å²) in [7, 11) is 3.56. The second-order valence-corrected chi connectivity index (χ2v) is 29.4. The van der Waals surface area contributed by atoms with E-state index in [1.165, 1.54) is 131 Å². The van der Waals surface area contributed by atoms with Crippen LogP contribution < -0.4 is 16.0 Å². The van der Waals surface area contributed by atoms with Crippen molar-refractivity contribution in [3.63, 3.8) is 0 Å². The van der Waals surface area contributed by atoms with Crippen LogP contribution in [0.5, 0.6) is 0 Å². The van der Waals surface area contributed by atoms with E-state index in [2.05, 4.69) is 16.0 Å². The van der Waals surface area contributed by atoms with E-state index in [1.54, 1.807) is 164 Å². The molecule has 3 saturated heterocycles. The zero-order valence-corrected chi connectivity index (χ0v) is 68.8. The standard InChI is InChI=1S/C94H90N4O29/c1-113-91-79(125-88(108)64-43-25-10-26-44-64)76(122-85(105)61-37-19-7-20-38-61)73(119-82(102)58-31-13-4-14-32-58)67(116-91)55-95-70(99)49-52-94(98(111)112,53-50-71(100)96-56-68-74(120-83(103)59-33-15-5-16-34-59)77(123-86(106)62-39-21-8-22-40-62)80(92(114-2)117-68)126-89(109)65-45-27-11-28-46-65)54-51-72(101)97-57-69-75(121-84(104)60-35-17-6-18-36-60)78(124-87(107)63-41-23-9-24-42-63)81(93(115-3)118-69)127-90(110)66-47-29-12-30-48-66/h4-48,67-69,73-81,91-93H,49-57H2,1-3H3,(H,95,99)(H,96,100)(H,97,101)/t67-,68-,69-,73-,74-,75-,76+,77+,78+,79+,80+,81+,91+,92+,93+/m1/s1. The number of carbonyl (C=O) groups is 12. The number of rotatable bonds is 37. The molecule has 9 aromatic rings. The van der Waals surface area contributed by atoms with Gasteiger partial charge in [0, 0.05) is 84.4 Å². The smallest absolute Gasteiger partial charge is 0.338 e. The normalized spacial score (nSPS) is 21.8. The lowest BCUT2D eigenvalue weighted by Gasteiger charge is -2.44. The third-order valence-electron chi connectivity index (χ3n) is 21.1. The van der Waals surface area contributed by atoms with Gasteiger partial charge in [0.1, 0.15) is 18.3 Å². The molecule has 0 radical (unpaired) electrons. The molecule has 0 aliphatic carbocycles. The van der Waals surface area contributed by atoms with E-state index in [4.69, 9.17) is 71.1 Å². The molecule has 0 aromatic heterocycles. The van der Waals surface area contributed by atoms with Crippen LogP contribution in [0.4, 0.5) is 0 Å². The van der Waals surface area contributed by atoms with Gasteiger partial charge in [0.15, 0.2) is 73.8 Å². The van der Waals surface area contributed by atoms with Crippen LogP contribution in [-0.2, 0) is 85.4 Å². The largest absolute Gasteiger partial charge is 0.452 e. The van der Waals surface area contributed by atoms with Crippen LogP contribution in [0.3, 0.4) is 0 Å². The molecule has 660 valence electrons. The fourth-order valence-corrected chi connectivity index (χ4v) is 14.4. The monoisotopic (exact) mass is 1740 g/mol. The summed E-state index contributed by atoms with van der Waals surface area (Å²) in [6.45, 7) is -1.93. The van der Waals surface area contributed by atoms with Gasteiger partial charge in [-0.05, 0) is 109 Å². The number of benzene rings is 9. The van der Waals surface area contributed by atoms with Crippen LogP contribution in [0.2, 0.25) is 0 Å². The first-order valence-electron chi connectivity index (χ1n) is 40.4. The zero-order valence-electron chi connectivity index (χ0n) is 68.8. The first-order valence-corrected chi connectivity index (χ1v) is 40.4. The Morgan fingerprint density at radius 3 is 0.583 bits per heavy atom. The van der Waals surface area contributed by atoms with Crippen molar-refractivity contribution >= 4 is 71.4 Å². The van der Waals surface area contributed by atoms with Crippen molar-refractivity contribution in [3.8, 4) is 0 Å². The number of nitro groups is 1. The molecule has 3 heterocycles. The van der Waals surface area contributed by atoms with E-state index < -0.39 is 232 Å². The fourth-order valence-electron chi connectivity index (χ4n) is 14.4. The van der Waals surface area contributed by atoms with E-state index in [0.717, 1.165) is 0 Å². The molecule has 3 amide bonds. The van der Waals surface area contributed by atoms with Gasteiger partial charge in [-0.15, -0.1) is 0 Å². The first-order chi connectivity index (χ1) is 61.6. The third kappa shape index (κ3) is 24.4. The molecule has 0 bridgehead atoms. The van der Waals surface area contributed by atoms with Crippen LogP contribution in [0.15, 0.2) is 273 Å². The molecule has 0 saturated carbocycles. The Balaban J connectivity index is 0.839. The van der Waals surface area contributed by atoms with Crippen molar-refractivity contribution in [2.24, 2.45) is 0 Å². The van der Waals surface area contributed by atoms with Gasteiger partial charge in [0.2, 0.25) is 23.3 Å². The lowest BCUT2D eigenvalue weighted by molar-refractivity contribution is -0.573. The Bertz CT molecular complexity index is 4730. The number of nitrogens with zero attached hydrogens (tertiary/aromatic N) is 1. The van der Waals surface area contributed by atoms with Crippen molar-refractivity contribution in [2.75, 3.05) is 41.0 Å². The minimum atomic E-state index is -2.44. The maximum atomic E-state index is 14.8. The van der Waals surface area contributed by atoms with E-state index in [9.17, 15) is 67.6 Å². The number of esters is 9. The van der Waals surface area contributed by atoms with Crippen LogP contribution in [0.25, 0.3) is 0 Å². The molecule has 3 aliphatic heterocycles. The lowest BCUT2D eigenvalue weighted by Crippen LogP contribution is -2.64. The highest BCUT2D eigenvalue weighted by Gasteiger charge is 2.57. The van der Waals surface area contributed by atoms with Crippen LogP contribution in [-0.4, -0.2) is 215 Å². The Hall–Kier alpha value is -14.2. The molecule has 15 atom stereocenters. The number of nitrogens with one attached hydrogen (secondary N) is 3. The van der Waals surface area contributed by atoms with Gasteiger partial charge in [-0.1, -0.05) is 164 Å². The molecule has 33 nitrogen and oxygen atoms in total. The fraction of sp³-hybridized carbons (Fsp3) is 0.298. The SMILES string of the molecule is CO[C@H]1O[C@H](CNC(=O)CCC(CCC(=O)NC[C@H]2O[C@H](OC)[C@@H](OC(=O)c3ccccc3)[C@@H](OC(=O)c3ccccc3)[C@@H]2OC(=O)c2ccccc2)(CCC(=O)NC[C@H]2O[C@H](OC)[C@@H](OC(=O)c3ccccc3)[C@@H](OC(=O)c3ccccc3)[C@@H]2OC(=O)c2ccccc2)[N+](=O)[O-])[C@@H](OC(=O)c2ccccc2)[C@H](OC(=O)c2ccccc2)[C@@H]1OC(=O)c1ccccc1.